The summed E-state index contributed by atoms with van der Waals surface area (Å²) in [6.45, 7) is 1.79. The molecular weight excluding hydrogens is 336 g/mol. The number of carbonyl (C=O) groups excluding carboxylic acids is 3. The van der Waals surface area contributed by atoms with Crippen molar-refractivity contribution in [3.8, 4) is 0 Å². The SMILES string of the molecule is CCCNC(=O)CN(NC(=O)OCc1ccccc1)C(=O)CN.Cl. The lowest BCUT2D eigenvalue weighted by Crippen LogP contribution is -2.52. The maximum Gasteiger partial charge on any atom is 0.426 e. The summed E-state index contributed by atoms with van der Waals surface area (Å²) < 4.78 is 5.00. The fraction of sp³-hybridized carbons (Fsp3) is 0.400. The summed E-state index contributed by atoms with van der Waals surface area (Å²) in [7, 11) is 0. The predicted molar refractivity (Wildman–Crippen MR) is 91.1 cm³/mol. The summed E-state index contributed by atoms with van der Waals surface area (Å²) in [5.74, 6) is -0.981. The molecule has 0 spiro atoms. The standard InChI is InChI=1S/C15H22N4O4.ClH/c1-2-8-17-13(20)10-19(14(21)9-16)18-15(22)23-11-12-6-4-3-5-7-12;/h3-7H,2,8-11,16H2,1H3,(H,17,20)(H,18,22);1H. The fourth-order valence-corrected chi connectivity index (χ4v) is 1.63. The molecule has 0 heterocycles. The van der Waals surface area contributed by atoms with Crippen LogP contribution in [0.25, 0.3) is 0 Å². The highest BCUT2D eigenvalue weighted by molar-refractivity contribution is 5.87. The molecule has 0 radical (unpaired) electrons. The number of carbonyl (C=O) groups is 3. The molecular formula is C15H23ClN4O4. The Balaban J connectivity index is 0.00000529. The zero-order chi connectivity index (χ0) is 17.1. The molecule has 0 saturated heterocycles. The van der Waals surface area contributed by atoms with E-state index in [4.69, 9.17) is 10.5 Å². The molecule has 0 aliphatic carbocycles. The number of nitrogens with two attached hydrogens (primary N) is 1. The third-order valence-electron chi connectivity index (χ3n) is 2.79. The number of ether oxygens (including phenoxy) is 1. The van der Waals surface area contributed by atoms with E-state index in [0.717, 1.165) is 17.0 Å². The van der Waals surface area contributed by atoms with Gasteiger partial charge in [0.25, 0.3) is 5.91 Å². The van der Waals surface area contributed by atoms with Crippen molar-refractivity contribution in [3.63, 3.8) is 0 Å². The number of benzene rings is 1. The Labute approximate surface area is 147 Å². The number of rotatable bonds is 7. The van der Waals surface area contributed by atoms with Gasteiger partial charge in [0, 0.05) is 6.54 Å². The zero-order valence-corrected chi connectivity index (χ0v) is 14.3. The number of halogens is 1. The Morgan fingerprint density at radius 1 is 1.21 bits per heavy atom. The predicted octanol–water partition coefficient (Wildman–Crippen LogP) is 0.563. The molecule has 0 aliphatic rings. The lowest BCUT2D eigenvalue weighted by atomic mass is 10.2. The molecule has 0 aromatic heterocycles. The Hall–Kier alpha value is -2.32. The van der Waals surface area contributed by atoms with Gasteiger partial charge in [0.2, 0.25) is 5.91 Å². The summed E-state index contributed by atoms with van der Waals surface area (Å²) in [6, 6.07) is 9.08. The smallest absolute Gasteiger partial charge is 0.426 e. The number of nitrogens with zero attached hydrogens (tertiary/aromatic N) is 1. The van der Waals surface area contributed by atoms with Crippen LogP contribution in [0.4, 0.5) is 4.79 Å². The molecule has 9 heteroatoms. The van der Waals surface area contributed by atoms with Gasteiger partial charge in [-0.25, -0.2) is 15.2 Å². The topological polar surface area (TPSA) is 114 Å². The van der Waals surface area contributed by atoms with Crippen LogP contribution in [0.3, 0.4) is 0 Å². The molecule has 3 amide bonds. The first-order chi connectivity index (χ1) is 11.1. The Bertz CT molecular complexity index is 527. The Morgan fingerprint density at radius 3 is 2.46 bits per heavy atom. The summed E-state index contributed by atoms with van der Waals surface area (Å²) >= 11 is 0. The molecule has 134 valence electrons. The minimum absolute atomic E-state index is 0. The molecule has 0 atom stereocenters. The van der Waals surface area contributed by atoms with Crippen molar-refractivity contribution in [3.05, 3.63) is 35.9 Å². The molecule has 8 nitrogen and oxygen atoms in total. The first-order valence-electron chi connectivity index (χ1n) is 7.31. The van der Waals surface area contributed by atoms with Crippen LogP contribution in [-0.2, 0) is 20.9 Å². The summed E-state index contributed by atoms with van der Waals surface area (Å²) in [5, 5.41) is 3.45. The van der Waals surface area contributed by atoms with Gasteiger partial charge in [0.1, 0.15) is 13.2 Å². The number of hydrogen-bond acceptors (Lipinski definition) is 5. The number of amides is 3. The summed E-state index contributed by atoms with van der Waals surface area (Å²) in [4.78, 5) is 35.1. The molecule has 1 aromatic rings. The van der Waals surface area contributed by atoms with E-state index in [0.29, 0.717) is 6.54 Å². The molecule has 1 rings (SSSR count). The average molecular weight is 359 g/mol. The van der Waals surface area contributed by atoms with Crippen molar-refractivity contribution in [1.29, 1.82) is 0 Å². The first-order valence-corrected chi connectivity index (χ1v) is 7.31. The third kappa shape index (κ3) is 8.35. The van der Waals surface area contributed by atoms with E-state index in [2.05, 4.69) is 10.7 Å². The van der Waals surface area contributed by atoms with Crippen molar-refractivity contribution < 1.29 is 19.1 Å². The lowest BCUT2D eigenvalue weighted by Gasteiger charge is -2.21. The van der Waals surface area contributed by atoms with Gasteiger partial charge in [-0.1, -0.05) is 37.3 Å². The molecule has 0 fully saturated rings. The number of hydrazine groups is 1. The van der Waals surface area contributed by atoms with Gasteiger partial charge in [-0.15, -0.1) is 12.4 Å². The van der Waals surface area contributed by atoms with Crippen LogP contribution in [0, 0.1) is 0 Å². The molecule has 0 saturated carbocycles. The number of nitrogens with one attached hydrogen (secondary N) is 2. The van der Waals surface area contributed by atoms with Gasteiger partial charge >= 0.3 is 6.09 Å². The highest BCUT2D eigenvalue weighted by atomic mass is 35.5. The highest BCUT2D eigenvalue weighted by Gasteiger charge is 2.18. The minimum atomic E-state index is -0.834. The highest BCUT2D eigenvalue weighted by Crippen LogP contribution is 2.00. The monoisotopic (exact) mass is 358 g/mol. The minimum Gasteiger partial charge on any atom is -0.443 e. The molecule has 24 heavy (non-hydrogen) atoms. The van der Waals surface area contributed by atoms with Gasteiger partial charge in [-0.3, -0.25) is 9.59 Å². The Morgan fingerprint density at radius 2 is 1.88 bits per heavy atom. The van der Waals surface area contributed by atoms with E-state index in [1.807, 2.05) is 25.1 Å². The average Bonchev–Trinajstić information content (AvgIpc) is 2.57. The van der Waals surface area contributed by atoms with E-state index in [9.17, 15) is 14.4 Å². The van der Waals surface area contributed by atoms with Gasteiger partial charge in [0.05, 0.1) is 6.54 Å². The van der Waals surface area contributed by atoms with Crippen molar-refractivity contribution >= 4 is 30.3 Å². The second-order valence-corrected chi connectivity index (χ2v) is 4.71. The van der Waals surface area contributed by atoms with Crippen LogP contribution in [0.1, 0.15) is 18.9 Å². The van der Waals surface area contributed by atoms with Crippen LogP contribution >= 0.6 is 12.4 Å². The molecule has 0 bridgehead atoms. The largest absolute Gasteiger partial charge is 0.443 e. The second kappa shape index (κ2) is 12.1. The first kappa shape index (κ1) is 21.7. The Kier molecular flexibility index (Phi) is 11.0. The van der Waals surface area contributed by atoms with Gasteiger partial charge in [0.15, 0.2) is 0 Å². The van der Waals surface area contributed by atoms with Gasteiger partial charge < -0.3 is 15.8 Å². The summed E-state index contributed by atoms with van der Waals surface area (Å²) in [6.07, 6.45) is -0.0673. The van der Waals surface area contributed by atoms with Crippen LogP contribution in [0.2, 0.25) is 0 Å². The van der Waals surface area contributed by atoms with E-state index >= 15 is 0 Å². The second-order valence-electron chi connectivity index (χ2n) is 4.71. The van der Waals surface area contributed by atoms with Crippen molar-refractivity contribution in [2.24, 2.45) is 5.73 Å². The van der Waals surface area contributed by atoms with E-state index in [1.165, 1.54) is 0 Å². The fourth-order valence-electron chi connectivity index (χ4n) is 1.63. The van der Waals surface area contributed by atoms with Gasteiger partial charge in [-0.2, -0.15) is 0 Å². The van der Waals surface area contributed by atoms with Crippen LogP contribution in [0.5, 0.6) is 0 Å². The van der Waals surface area contributed by atoms with E-state index in [1.54, 1.807) is 12.1 Å². The lowest BCUT2D eigenvalue weighted by molar-refractivity contribution is -0.137. The molecule has 1 aromatic carbocycles. The maximum atomic E-state index is 11.7. The zero-order valence-electron chi connectivity index (χ0n) is 13.5. The van der Waals surface area contributed by atoms with Crippen molar-refractivity contribution in [1.82, 2.24) is 15.8 Å². The van der Waals surface area contributed by atoms with E-state index < -0.39 is 17.9 Å². The van der Waals surface area contributed by atoms with Crippen LogP contribution in [-0.4, -0.2) is 42.6 Å². The molecule has 4 N–H and O–H groups in total. The quantitative estimate of drug-likeness (QED) is 0.616. The van der Waals surface area contributed by atoms with Crippen molar-refractivity contribution in [2.75, 3.05) is 19.6 Å². The van der Waals surface area contributed by atoms with Crippen LogP contribution < -0.4 is 16.5 Å². The number of hydrogen-bond donors (Lipinski definition) is 3. The molecule has 0 aliphatic heterocycles. The van der Waals surface area contributed by atoms with Crippen molar-refractivity contribution in [2.45, 2.75) is 20.0 Å². The van der Waals surface area contributed by atoms with E-state index in [-0.39, 0.29) is 32.1 Å². The maximum absolute atomic E-state index is 11.7. The van der Waals surface area contributed by atoms with Crippen LogP contribution in [0.15, 0.2) is 30.3 Å². The summed E-state index contributed by atoms with van der Waals surface area (Å²) in [5.41, 5.74) is 8.31. The van der Waals surface area contributed by atoms with Gasteiger partial charge in [-0.05, 0) is 12.0 Å². The third-order valence-corrected chi connectivity index (χ3v) is 2.79. The normalized spacial score (nSPS) is 9.42. The molecule has 0 unspecified atom stereocenters.